The number of hydrogen-bond acceptors (Lipinski definition) is 8. The van der Waals surface area contributed by atoms with Crippen molar-refractivity contribution < 1.29 is 27.9 Å². The van der Waals surface area contributed by atoms with Crippen LogP contribution in [0.4, 0.5) is 5.13 Å². The Labute approximate surface area is 201 Å². The number of carbonyl (C=O) groups is 2. The molecule has 2 aromatic carbocycles. The average molecular weight is 499 g/mol. The Bertz CT molecular complexity index is 1390. The fourth-order valence-corrected chi connectivity index (χ4v) is 6.34. The number of amides is 1. The summed E-state index contributed by atoms with van der Waals surface area (Å²) < 4.78 is 32.3. The number of esters is 1. The summed E-state index contributed by atoms with van der Waals surface area (Å²) in [6, 6.07) is 13.4. The molecule has 10 heteroatoms. The molecule has 0 saturated heterocycles. The lowest BCUT2D eigenvalue weighted by Crippen LogP contribution is -2.31. The minimum absolute atomic E-state index is 0.0501. The number of rotatable bonds is 6. The number of hydrogen-bond donors (Lipinski definition) is 1. The van der Waals surface area contributed by atoms with Gasteiger partial charge in [0.05, 0.1) is 17.2 Å². The second-order valence-electron chi connectivity index (χ2n) is 7.65. The molecule has 176 valence electrons. The molecule has 0 spiro atoms. The van der Waals surface area contributed by atoms with Crippen molar-refractivity contribution in [1.82, 2.24) is 4.98 Å². The van der Waals surface area contributed by atoms with Gasteiger partial charge in [-0.25, -0.2) is 18.2 Å². The molecule has 1 aliphatic heterocycles. The lowest BCUT2D eigenvalue weighted by molar-refractivity contribution is -0.117. The van der Waals surface area contributed by atoms with E-state index in [1.54, 1.807) is 56.3 Å². The third-order valence-corrected chi connectivity index (χ3v) is 8.37. The van der Waals surface area contributed by atoms with Gasteiger partial charge in [-0.3, -0.25) is 9.69 Å². The van der Waals surface area contributed by atoms with Gasteiger partial charge in [-0.2, -0.15) is 0 Å². The van der Waals surface area contributed by atoms with Gasteiger partial charge in [0.1, 0.15) is 15.8 Å². The van der Waals surface area contributed by atoms with Crippen LogP contribution in [0.25, 0.3) is 0 Å². The third-order valence-electron chi connectivity index (χ3n) is 5.35. The summed E-state index contributed by atoms with van der Waals surface area (Å²) in [6.07, 6.45) is 0. The number of sulfone groups is 1. The fourth-order valence-electron chi connectivity index (χ4n) is 3.70. The number of nitrogens with zero attached hydrogens (tertiary/aromatic N) is 2. The summed E-state index contributed by atoms with van der Waals surface area (Å²) in [6.45, 7) is 5.33. The van der Waals surface area contributed by atoms with Crippen LogP contribution in [0.5, 0.6) is 0 Å². The number of aromatic nitrogens is 1. The van der Waals surface area contributed by atoms with Crippen LogP contribution in [0.15, 0.2) is 70.2 Å². The van der Waals surface area contributed by atoms with E-state index in [9.17, 15) is 23.1 Å². The predicted octanol–water partition coefficient (Wildman–Crippen LogP) is 4.27. The molecule has 4 rings (SSSR count). The number of benzene rings is 2. The molecule has 8 nitrogen and oxygen atoms in total. The number of anilines is 1. The number of carbonyl (C=O) groups excluding carboxylic acids is 2. The number of aryl methyl sites for hydroxylation is 2. The highest BCUT2D eigenvalue weighted by atomic mass is 32.2. The number of aliphatic hydroxyl groups is 1. The molecule has 0 bridgehead atoms. The van der Waals surface area contributed by atoms with E-state index in [0.29, 0.717) is 11.3 Å². The molecule has 3 aromatic rings. The van der Waals surface area contributed by atoms with Gasteiger partial charge in [-0.1, -0.05) is 59.4 Å². The van der Waals surface area contributed by atoms with Crippen molar-refractivity contribution in [2.75, 3.05) is 11.5 Å². The number of thiazole rings is 1. The highest BCUT2D eigenvalue weighted by molar-refractivity contribution is 7.95. The molecule has 1 atom stereocenters. The van der Waals surface area contributed by atoms with Crippen LogP contribution in [-0.4, -0.2) is 37.0 Å². The van der Waals surface area contributed by atoms with E-state index in [1.807, 2.05) is 6.92 Å². The molecule has 0 radical (unpaired) electrons. The van der Waals surface area contributed by atoms with E-state index in [0.717, 1.165) is 21.8 Å². The van der Waals surface area contributed by atoms with E-state index in [4.69, 9.17) is 4.74 Å². The Balaban J connectivity index is 1.90. The lowest BCUT2D eigenvalue weighted by Gasteiger charge is -2.25. The SMILES string of the molecule is CCOC(=O)c1sc(N2C(=O)C(O)=C(S(=O)(=O)c3ccccc3)[C@@H]2c2ccc(C)cc2)nc1C. The van der Waals surface area contributed by atoms with Gasteiger partial charge in [-0.05, 0) is 38.5 Å². The zero-order valence-corrected chi connectivity index (χ0v) is 20.3. The van der Waals surface area contributed by atoms with E-state index >= 15 is 0 Å². The maximum atomic E-state index is 13.6. The summed E-state index contributed by atoms with van der Waals surface area (Å²) in [4.78, 5) is 30.8. The van der Waals surface area contributed by atoms with Gasteiger partial charge >= 0.3 is 5.97 Å². The Morgan fingerprint density at radius 2 is 1.76 bits per heavy atom. The second kappa shape index (κ2) is 9.03. The topological polar surface area (TPSA) is 114 Å². The van der Waals surface area contributed by atoms with Crippen LogP contribution >= 0.6 is 11.3 Å². The Kier molecular flexibility index (Phi) is 6.28. The van der Waals surface area contributed by atoms with Gasteiger partial charge < -0.3 is 9.84 Å². The van der Waals surface area contributed by atoms with Crippen molar-refractivity contribution in [3.63, 3.8) is 0 Å². The van der Waals surface area contributed by atoms with Gasteiger partial charge in [0, 0.05) is 0 Å². The largest absolute Gasteiger partial charge is 0.502 e. The van der Waals surface area contributed by atoms with Crippen LogP contribution in [0.2, 0.25) is 0 Å². The lowest BCUT2D eigenvalue weighted by atomic mass is 10.1. The van der Waals surface area contributed by atoms with E-state index in [-0.39, 0.29) is 21.5 Å². The van der Waals surface area contributed by atoms with Gasteiger partial charge in [0.25, 0.3) is 5.91 Å². The molecule has 0 saturated carbocycles. The van der Waals surface area contributed by atoms with Crippen molar-refractivity contribution in [2.24, 2.45) is 0 Å². The van der Waals surface area contributed by atoms with Crippen molar-refractivity contribution >= 4 is 38.2 Å². The molecule has 1 aliphatic rings. The molecular weight excluding hydrogens is 476 g/mol. The highest BCUT2D eigenvalue weighted by Crippen LogP contribution is 2.46. The van der Waals surface area contributed by atoms with E-state index < -0.39 is 38.4 Å². The molecule has 1 N–H and O–H groups in total. The summed E-state index contributed by atoms with van der Waals surface area (Å²) in [5.41, 5.74) is 1.76. The first kappa shape index (κ1) is 23.7. The smallest absolute Gasteiger partial charge is 0.350 e. The summed E-state index contributed by atoms with van der Waals surface area (Å²) in [7, 11) is -4.25. The third kappa shape index (κ3) is 3.99. The van der Waals surface area contributed by atoms with Crippen molar-refractivity contribution in [3.8, 4) is 0 Å². The van der Waals surface area contributed by atoms with Crippen LogP contribution in [0.3, 0.4) is 0 Å². The van der Waals surface area contributed by atoms with Crippen LogP contribution < -0.4 is 4.90 Å². The van der Waals surface area contributed by atoms with Crippen molar-refractivity contribution in [2.45, 2.75) is 31.7 Å². The summed E-state index contributed by atoms with van der Waals surface area (Å²) >= 11 is 0.907. The Morgan fingerprint density at radius 3 is 2.38 bits per heavy atom. The zero-order valence-electron chi connectivity index (χ0n) is 18.7. The normalized spacial score (nSPS) is 16.3. The fraction of sp³-hybridized carbons (Fsp3) is 0.208. The summed E-state index contributed by atoms with van der Waals surface area (Å²) in [5.74, 6) is -2.37. The highest BCUT2D eigenvalue weighted by Gasteiger charge is 2.49. The van der Waals surface area contributed by atoms with E-state index in [2.05, 4.69) is 4.98 Å². The molecule has 0 aliphatic carbocycles. The van der Waals surface area contributed by atoms with Crippen molar-refractivity contribution in [1.29, 1.82) is 0 Å². The first-order valence-electron chi connectivity index (χ1n) is 10.4. The molecule has 1 amide bonds. The number of ether oxygens (including phenoxy) is 1. The van der Waals surface area contributed by atoms with Gasteiger partial charge in [0.2, 0.25) is 9.84 Å². The predicted molar refractivity (Wildman–Crippen MR) is 127 cm³/mol. The standard InChI is InChI=1S/C24H22N2O6S2/c1-4-32-23(29)20-15(3)25-24(33-20)26-18(16-12-10-14(2)11-13-16)21(19(27)22(26)28)34(30,31)17-8-6-5-7-9-17/h5-13,18,27H,4H2,1-3H3/t18-/m0/s1. The molecule has 2 heterocycles. The molecule has 34 heavy (non-hydrogen) atoms. The first-order valence-corrected chi connectivity index (χ1v) is 12.7. The zero-order chi connectivity index (χ0) is 24.6. The average Bonchev–Trinajstić information content (AvgIpc) is 3.32. The Hall–Kier alpha value is -3.50. The van der Waals surface area contributed by atoms with Gasteiger partial charge in [0.15, 0.2) is 10.9 Å². The van der Waals surface area contributed by atoms with E-state index in [1.165, 1.54) is 12.1 Å². The van der Waals surface area contributed by atoms with Crippen LogP contribution in [0, 0.1) is 13.8 Å². The monoisotopic (exact) mass is 498 g/mol. The maximum absolute atomic E-state index is 13.6. The minimum Gasteiger partial charge on any atom is -0.502 e. The maximum Gasteiger partial charge on any atom is 0.350 e. The molecule has 0 unspecified atom stereocenters. The van der Waals surface area contributed by atoms with Gasteiger partial charge in [-0.15, -0.1) is 0 Å². The van der Waals surface area contributed by atoms with Crippen LogP contribution in [-0.2, 0) is 19.4 Å². The van der Waals surface area contributed by atoms with Crippen LogP contribution in [0.1, 0.15) is 39.5 Å². The molecule has 1 aromatic heterocycles. The molecular formula is C24H22N2O6S2. The Morgan fingerprint density at radius 1 is 1.12 bits per heavy atom. The van der Waals surface area contributed by atoms with Crippen molar-refractivity contribution in [3.05, 3.63) is 87.0 Å². The molecule has 0 fully saturated rings. The summed E-state index contributed by atoms with van der Waals surface area (Å²) in [5, 5.41) is 10.9. The number of aliphatic hydroxyl groups excluding tert-OH is 1. The second-order valence-corrected chi connectivity index (χ2v) is 10.5. The quantitative estimate of drug-likeness (QED) is 0.505. The minimum atomic E-state index is -4.25. The first-order chi connectivity index (χ1) is 16.2.